The fraction of sp³-hybridized carbons (Fsp3) is 0.333. The van der Waals surface area contributed by atoms with E-state index >= 15 is 0 Å². The number of nitriles is 1. The van der Waals surface area contributed by atoms with Crippen molar-refractivity contribution in [3.05, 3.63) is 28.8 Å². The summed E-state index contributed by atoms with van der Waals surface area (Å²) in [7, 11) is 0. The SMILES string of the molecule is N#CCCC1COc2cc(Cl)ccc2C1=O. The van der Waals surface area contributed by atoms with Crippen LogP contribution in [0, 0.1) is 17.2 Å². The van der Waals surface area contributed by atoms with Gasteiger partial charge in [-0.2, -0.15) is 5.26 Å². The Morgan fingerprint density at radius 1 is 1.56 bits per heavy atom. The Labute approximate surface area is 98.6 Å². The molecule has 1 aromatic carbocycles. The Morgan fingerprint density at radius 2 is 2.38 bits per heavy atom. The maximum absolute atomic E-state index is 12.0. The summed E-state index contributed by atoms with van der Waals surface area (Å²) in [5, 5.41) is 9.05. The van der Waals surface area contributed by atoms with Crippen LogP contribution in [-0.4, -0.2) is 12.4 Å². The number of Topliss-reactive ketones (excluding diaryl/α,β-unsaturated/α-hetero) is 1. The standard InChI is InChI=1S/C12H10ClNO2/c13-9-3-4-10-11(6-9)16-7-8(12(10)15)2-1-5-14/h3-4,6,8H,1-2,7H2. The highest BCUT2D eigenvalue weighted by Crippen LogP contribution is 2.31. The minimum atomic E-state index is -0.201. The molecule has 1 atom stereocenters. The molecule has 82 valence electrons. The summed E-state index contributed by atoms with van der Waals surface area (Å²) >= 11 is 5.81. The molecule has 16 heavy (non-hydrogen) atoms. The molecule has 0 N–H and O–H groups in total. The van der Waals surface area contributed by atoms with Crippen LogP contribution >= 0.6 is 11.6 Å². The highest BCUT2D eigenvalue weighted by molar-refractivity contribution is 6.30. The third-order valence-electron chi connectivity index (χ3n) is 2.62. The fourth-order valence-corrected chi connectivity index (χ4v) is 1.92. The van der Waals surface area contributed by atoms with E-state index in [0.717, 1.165) is 0 Å². The van der Waals surface area contributed by atoms with Gasteiger partial charge < -0.3 is 4.74 Å². The average molecular weight is 236 g/mol. The molecule has 3 nitrogen and oxygen atoms in total. The van der Waals surface area contributed by atoms with Crippen molar-refractivity contribution < 1.29 is 9.53 Å². The second-order valence-electron chi connectivity index (χ2n) is 3.71. The molecule has 0 aromatic heterocycles. The van der Waals surface area contributed by atoms with Crippen molar-refractivity contribution in [2.24, 2.45) is 5.92 Å². The van der Waals surface area contributed by atoms with Crippen LogP contribution < -0.4 is 4.74 Å². The van der Waals surface area contributed by atoms with Crippen molar-refractivity contribution in [3.8, 4) is 11.8 Å². The molecule has 0 amide bonds. The third-order valence-corrected chi connectivity index (χ3v) is 2.86. The molecule has 0 fully saturated rings. The van der Waals surface area contributed by atoms with E-state index in [-0.39, 0.29) is 11.7 Å². The smallest absolute Gasteiger partial charge is 0.173 e. The predicted octanol–water partition coefficient (Wildman–Crippen LogP) is 2.84. The lowest BCUT2D eigenvalue weighted by Crippen LogP contribution is -2.27. The number of rotatable bonds is 2. The Hall–Kier alpha value is -1.53. The summed E-state index contributed by atoms with van der Waals surface area (Å²) in [5.41, 5.74) is 0.568. The molecule has 1 aromatic rings. The molecule has 2 rings (SSSR count). The molecule has 0 saturated carbocycles. The van der Waals surface area contributed by atoms with Gasteiger partial charge in [0.15, 0.2) is 5.78 Å². The number of hydrogen-bond donors (Lipinski definition) is 0. The quantitative estimate of drug-likeness (QED) is 0.792. The molecule has 0 spiro atoms. The number of nitrogens with zero attached hydrogens (tertiary/aromatic N) is 1. The summed E-state index contributed by atoms with van der Waals surface area (Å²) in [6.45, 7) is 0.341. The zero-order valence-corrected chi connectivity index (χ0v) is 9.33. The van der Waals surface area contributed by atoms with Gasteiger partial charge in [0.05, 0.1) is 24.2 Å². The van der Waals surface area contributed by atoms with Crippen LogP contribution in [-0.2, 0) is 0 Å². The van der Waals surface area contributed by atoms with E-state index in [2.05, 4.69) is 0 Å². The second kappa shape index (κ2) is 4.54. The van der Waals surface area contributed by atoms with E-state index in [1.165, 1.54) is 0 Å². The topological polar surface area (TPSA) is 50.1 Å². The fourth-order valence-electron chi connectivity index (χ4n) is 1.76. The minimum Gasteiger partial charge on any atom is -0.492 e. The molecule has 0 bridgehead atoms. The lowest BCUT2D eigenvalue weighted by atomic mass is 9.91. The number of fused-ring (bicyclic) bond motifs is 1. The third kappa shape index (κ3) is 2.02. The first-order valence-corrected chi connectivity index (χ1v) is 5.43. The highest BCUT2D eigenvalue weighted by Gasteiger charge is 2.28. The maximum Gasteiger partial charge on any atom is 0.173 e. The van der Waals surface area contributed by atoms with Gasteiger partial charge in [-0.15, -0.1) is 0 Å². The summed E-state index contributed by atoms with van der Waals surface area (Å²) in [6.07, 6.45) is 0.931. The normalized spacial score (nSPS) is 18.5. The van der Waals surface area contributed by atoms with E-state index in [0.29, 0.717) is 35.8 Å². The van der Waals surface area contributed by atoms with E-state index in [4.69, 9.17) is 21.6 Å². The Kier molecular flexibility index (Phi) is 3.12. The Balaban J connectivity index is 2.23. The second-order valence-corrected chi connectivity index (χ2v) is 4.15. The largest absolute Gasteiger partial charge is 0.492 e. The van der Waals surface area contributed by atoms with Gasteiger partial charge in [-0.05, 0) is 24.6 Å². The molecule has 1 unspecified atom stereocenters. The number of ketones is 1. The number of ether oxygens (including phenoxy) is 1. The van der Waals surface area contributed by atoms with Gasteiger partial charge in [-0.25, -0.2) is 0 Å². The lowest BCUT2D eigenvalue weighted by molar-refractivity contribution is 0.0822. The van der Waals surface area contributed by atoms with Crippen molar-refractivity contribution in [3.63, 3.8) is 0 Å². The lowest BCUT2D eigenvalue weighted by Gasteiger charge is -2.23. The summed E-state index contributed by atoms with van der Waals surface area (Å²) in [5.74, 6) is 0.396. The number of hydrogen-bond acceptors (Lipinski definition) is 3. The Morgan fingerprint density at radius 3 is 3.12 bits per heavy atom. The molecule has 0 saturated heterocycles. The zero-order valence-electron chi connectivity index (χ0n) is 8.57. The van der Waals surface area contributed by atoms with Crippen LogP contribution in [0.1, 0.15) is 23.2 Å². The van der Waals surface area contributed by atoms with Gasteiger partial charge in [0.1, 0.15) is 5.75 Å². The Bertz CT molecular complexity index is 465. The zero-order chi connectivity index (χ0) is 11.5. The van der Waals surface area contributed by atoms with E-state index in [1.807, 2.05) is 6.07 Å². The van der Waals surface area contributed by atoms with Crippen LogP contribution in [0.25, 0.3) is 0 Å². The van der Waals surface area contributed by atoms with Crippen LogP contribution in [0.15, 0.2) is 18.2 Å². The average Bonchev–Trinajstić information content (AvgIpc) is 2.28. The monoisotopic (exact) mass is 235 g/mol. The first-order valence-electron chi connectivity index (χ1n) is 5.06. The number of carbonyl (C=O) groups excluding carboxylic acids is 1. The maximum atomic E-state index is 12.0. The van der Waals surface area contributed by atoms with Crippen molar-refractivity contribution in [2.45, 2.75) is 12.8 Å². The van der Waals surface area contributed by atoms with Gasteiger partial charge in [0, 0.05) is 11.4 Å². The van der Waals surface area contributed by atoms with Crippen molar-refractivity contribution in [2.75, 3.05) is 6.61 Å². The number of benzene rings is 1. The molecule has 1 heterocycles. The highest BCUT2D eigenvalue weighted by atomic mass is 35.5. The van der Waals surface area contributed by atoms with Crippen molar-refractivity contribution in [1.29, 1.82) is 5.26 Å². The van der Waals surface area contributed by atoms with Crippen molar-refractivity contribution in [1.82, 2.24) is 0 Å². The van der Waals surface area contributed by atoms with E-state index in [9.17, 15) is 4.79 Å². The molecular formula is C12H10ClNO2. The van der Waals surface area contributed by atoms with E-state index in [1.54, 1.807) is 18.2 Å². The van der Waals surface area contributed by atoms with Crippen molar-refractivity contribution >= 4 is 17.4 Å². The van der Waals surface area contributed by atoms with Crippen LogP contribution in [0.2, 0.25) is 5.02 Å². The van der Waals surface area contributed by atoms with Gasteiger partial charge in [-0.1, -0.05) is 11.6 Å². The molecule has 0 aliphatic carbocycles. The van der Waals surface area contributed by atoms with Gasteiger partial charge >= 0.3 is 0 Å². The summed E-state index contributed by atoms with van der Waals surface area (Å²) in [4.78, 5) is 12.0. The molecular weight excluding hydrogens is 226 g/mol. The van der Waals surface area contributed by atoms with Gasteiger partial charge in [-0.3, -0.25) is 4.79 Å². The molecule has 4 heteroatoms. The molecule has 1 aliphatic heterocycles. The van der Waals surface area contributed by atoms with Crippen LogP contribution in [0.4, 0.5) is 0 Å². The molecule has 1 aliphatic rings. The van der Waals surface area contributed by atoms with Crippen LogP contribution in [0.3, 0.4) is 0 Å². The summed E-state index contributed by atoms with van der Waals surface area (Å²) in [6, 6.07) is 7.04. The summed E-state index contributed by atoms with van der Waals surface area (Å²) < 4.78 is 5.47. The first-order chi connectivity index (χ1) is 7.72. The van der Waals surface area contributed by atoms with E-state index < -0.39 is 0 Å². The number of carbonyl (C=O) groups is 1. The molecule has 0 radical (unpaired) electrons. The number of halogens is 1. The van der Waals surface area contributed by atoms with Gasteiger partial charge in [0.25, 0.3) is 0 Å². The van der Waals surface area contributed by atoms with Gasteiger partial charge in [0.2, 0.25) is 0 Å². The van der Waals surface area contributed by atoms with Crippen LogP contribution in [0.5, 0.6) is 5.75 Å². The predicted molar refractivity (Wildman–Crippen MR) is 59.6 cm³/mol. The first kappa shape index (κ1) is 11.0. The minimum absolute atomic E-state index is 0.0492.